The predicted molar refractivity (Wildman–Crippen MR) is 68.6 cm³/mol. The van der Waals surface area contributed by atoms with Gasteiger partial charge in [0, 0.05) is 23.1 Å². The summed E-state index contributed by atoms with van der Waals surface area (Å²) in [4.78, 5) is 16.1. The summed E-state index contributed by atoms with van der Waals surface area (Å²) in [6.07, 6.45) is 0.629. The molecule has 2 aromatic rings. The molecule has 5 nitrogen and oxygen atoms in total. The molecule has 0 fully saturated rings. The Labute approximate surface area is 109 Å². The van der Waals surface area contributed by atoms with Gasteiger partial charge in [-0.2, -0.15) is 0 Å². The summed E-state index contributed by atoms with van der Waals surface area (Å²) < 4.78 is 10.6. The van der Waals surface area contributed by atoms with Crippen molar-refractivity contribution in [3.05, 3.63) is 35.0 Å². The van der Waals surface area contributed by atoms with Gasteiger partial charge in [0.15, 0.2) is 0 Å². The second kappa shape index (κ2) is 4.51. The zero-order valence-electron chi connectivity index (χ0n) is 10.5. The van der Waals surface area contributed by atoms with Gasteiger partial charge in [-0.15, -0.1) is 0 Å². The molecular weight excluding hydrogens is 246 g/mol. The summed E-state index contributed by atoms with van der Waals surface area (Å²) in [7, 11) is 1.56. The van der Waals surface area contributed by atoms with Gasteiger partial charge in [-0.3, -0.25) is 0 Å². The van der Waals surface area contributed by atoms with Crippen LogP contribution in [-0.4, -0.2) is 29.8 Å². The van der Waals surface area contributed by atoms with Gasteiger partial charge in [0.05, 0.1) is 25.9 Å². The highest BCUT2D eigenvalue weighted by Gasteiger charge is 2.23. The minimum absolute atomic E-state index is 0.276. The third kappa shape index (κ3) is 1.82. The van der Waals surface area contributed by atoms with Gasteiger partial charge in [0.25, 0.3) is 0 Å². The molecule has 5 heteroatoms. The number of aromatic carboxylic acids is 1. The van der Waals surface area contributed by atoms with Crippen LogP contribution in [0.25, 0.3) is 10.9 Å². The van der Waals surface area contributed by atoms with Gasteiger partial charge >= 0.3 is 5.97 Å². The van der Waals surface area contributed by atoms with Crippen LogP contribution in [0.2, 0.25) is 0 Å². The first kappa shape index (κ1) is 11.9. The van der Waals surface area contributed by atoms with E-state index in [0.29, 0.717) is 41.9 Å². The minimum Gasteiger partial charge on any atom is -0.494 e. The van der Waals surface area contributed by atoms with Gasteiger partial charge in [-0.05, 0) is 6.07 Å². The largest absolute Gasteiger partial charge is 0.494 e. The highest BCUT2D eigenvalue weighted by atomic mass is 16.5. The summed E-state index contributed by atoms with van der Waals surface area (Å²) in [6, 6.07) is 5.31. The number of pyridine rings is 1. The Balaban J connectivity index is 2.42. The summed E-state index contributed by atoms with van der Waals surface area (Å²) in [6.45, 7) is 0.872. The number of nitrogens with zero attached hydrogens (tertiary/aromatic N) is 1. The van der Waals surface area contributed by atoms with E-state index in [4.69, 9.17) is 9.47 Å². The molecule has 1 aliphatic heterocycles. The summed E-state index contributed by atoms with van der Waals surface area (Å²) in [5.41, 5.74) is 2.35. The number of benzene rings is 1. The molecule has 0 atom stereocenters. The maximum Gasteiger partial charge on any atom is 0.336 e. The molecule has 1 aliphatic rings. The highest BCUT2D eigenvalue weighted by molar-refractivity contribution is 6.05. The lowest BCUT2D eigenvalue weighted by Crippen LogP contribution is -2.17. The van der Waals surface area contributed by atoms with E-state index in [-0.39, 0.29) is 5.56 Å². The molecule has 0 aliphatic carbocycles. The fourth-order valence-electron chi connectivity index (χ4n) is 2.46. The first-order chi connectivity index (χ1) is 9.22. The number of ether oxygens (including phenoxy) is 2. The lowest BCUT2D eigenvalue weighted by Gasteiger charge is -2.19. The molecule has 1 aromatic carbocycles. The zero-order chi connectivity index (χ0) is 13.4. The summed E-state index contributed by atoms with van der Waals surface area (Å²) >= 11 is 0. The Hall–Kier alpha value is -2.14. The fourth-order valence-corrected chi connectivity index (χ4v) is 2.46. The lowest BCUT2D eigenvalue weighted by molar-refractivity contribution is 0.0683. The van der Waals surface area contributed by atoms with Gasteiger partial charge < -0.3 is 14.6 Å². The fraction of sp³-hybridized carbons (Fsp3) is 0.286. The standard InChI is InChI=1S/C14H13NO4/c1-18-11-4-2-3-8-12(14(16)17)9-7-19-6-5-10(9)15-13(8)11/h2-4H,5-7H2,1H3,(H,16,17). The molecule has 1 aromatic heterocycles. The van der Waals surface area contributed by atoms with Crippen molar-refractivity contribution in [1.29, 1.82) is 0 Å². The van der Waals surface area contributed by atoms with Gasteiger partial charge in [-0.25, -0.2) is 9.78 Å². The van der Waals surface area contributed by atoms with Gasteiger partial charge in [0.2, 0.25) is 0 Å². The molecule has 1 N–H and O–H groups in total. The van der Waals surface area contributed by atoms with Crippen molar-refractivity contribution in [1.82, 2.24) is 4.98 Å². The van der Waals surface area contributed by atoms with Crippen LogP contribution in [0.1, 0.15) is 21.6 Å². The second-order valence-corrected chi connectivity index (χ2v) is 4.38. The number of fused-ring (bicyclic) bond motifs is 2. The molecule has 3 rings (SSSR count). The van der Waals surface area contributed by atoms with Crippen LogP contribution in [0.5, 0.6) is 5.75 Å². The van der Waals surface area contributed by atoms with Crippen molar-refractivity contribution in [3.8, 4) is 5.75 Å². The molecule has 0 saturated heterocycles. The van der Waals surface area contributed by atoms with E-state index in [0.717, 1.165) is 5.69 Å². The highest BCUT2D eigenvalue weighted by Crippen LogP contribution is 2.31. The van der Waals surface area contributed by atoms with E-state index in [1.54, 1.807) is 25.3 Å². The van der Waals surface area contributed by atoms with Crippen molar-refractivity contribution >= 4 is 16.9 Å². The van der Waals surface area contributed by atoms with E-state index < -0.39 is 5.97 Å². The number of hydrogen-bond donors (Lipinski definition) is 1. The number of para-hydroxylation sites is 1. The molecule has 0 bridgehead atoms. The van der Waals surface area contributed by atoms with Crippen LogP contribution in [-0.2, 0) is 17.8 Å². The second-order valence-electron chi connectivity index (χ2n) is 4.38. The number of hydrogen-bond acceptors (Lipinski definition) is 4. The Morgan fingerprint density at radius 3 is 3.05 bits per heavy atom. The van der Waals surface area contributed by atoms with E-state index in [9.17, 15) is 9.90 Å². The normalized spacial score (nSPS) is 14.2. The Bertz CT molecular complexity index is 666. The van der Waals surface area contributed by atoms with Crippen LogP contribution in [0.4, 0.5) is 0 Å². The van der Waals surface area contributed by atoms with Crippen LogP contribution in [0.15, 0.2) is 18.2 Å². The third-order valence-corrected chi connectivity index (χ3v) is 3.33. The Morgan fingerprint density at radius 1 is 1.47 bits per heavy atom. The molecule has 0 radical (unpaired) electrons. The van der Waals surface area contributed by atoms with Gasteiger partial charge in [0.1, 0.15) is 11.3 Å². The van der Waals surface area contributed by atoms with Crippen molar-refractivity contribution in [2.45, 2.75) is 13.0 Å². The molecule has 19 heavy (non-hydrogen) atoms. The smallest absolute Gasteiger partial charge is 0.336 e. The average Bonchev–Trinajstić information content (AvgIpc) is 2.43. The van der Waals surface area contributed by atoms with Crippen LogP contribution in [0.3, 0.4) is 0 Å². The molecular formula is C14H13NO4. The Morgan fingerprint density at radius 2 is 2.32 bits per heavy atom. The number of rotatable bonds is 2. The summed E-state index contributed by atoms with van der Waals surface area (Å²) in [5, 5.41) is 10.1. The van der Waals surface area contributed by atoms with Gasteiger partial charge in [-0.1, -0.05) is 12.1 Å². The maximum absolute atomic E-state index is 11.6. The van der Waals surface area contributed by atoms with E-state index >= 15 is 0 Å². The predicted octanol–water partition coefficient (Wildman–Crippen LogP) is 2.01. The lowest BCUT2D eigenvalue weighted by atomic mass is 9.98. The average molecular weight is 259 g/mol. The number of carboxylic acids is 1. The molecule has 0 unspecified atom stereocenters. The van der Waals surface area contributed by atoms with Crippen molar-refractivity contribution in [2.24, 2.45) is 0 Å². The first-order valence-corrected chi connectivity index (χ1v) is 6.02. The molecule has 0 saturated carbocycles. The minimum atomic E-state index is -0.956. The Kier molecular flexibility index (Phi) is 2.83. The maximum atomic E-state index is 11.6. The topological polar surface area (TPSA) is 68.7 Å². The number of carboxylic acid groups (broad SMARTS) is 1. The number of methoxy groups -OCH3 is 1. The molecule has 0 amide bonds. The third-order valence-electron chi connectivity index (χ3n) is 3.33. The summed E-state index contributed by atoms with van der Waals surface area (Å²) in [5.74, 6) is -0.364. The monoisotopic (exact) mass is 259 g/mol. The van der Waals surface area contributed by atoms with Crippen LogP contribution in [0, 0.1) is 0 Å². The van der Waals surface area contributed by atoms with E-state index in [2.05, 4.69) is 4.98 Å². The van der Waals surface area contributed by atoms with E-state index in [1.807, 2.05) is 0 Å². The van der Waals surface area contributed by atoms with Crippen LogP contribution < -0.4 is 4.74 Å². The molecule has 98 valence electrons. The van der Waals surface area contributed by atoms with E-state index in [1.165, 1.54) is 0 Å². The quantitative estimate of drug-likeness (QED) is 0.893. The molecule has 2 heterocycles. The zero-order valence-corrected chi connectivity index (χ0v) is 10.5. The number of aromatic nitrogens is 1. The molecule has 0 spiro atoms. The van der Waals surface area contributed by atoms with Crippen molar-refractivity contribution < 1.29 is 19.4 Å². The van der Waals surface area contributed by atoms with Crippen molar-refractivity contribution in [2.75, 3.05) is 13.7 Å². The van der Waals surface area contributed by atoms with Crippen molar-refractivity contribution in [3.63, 3.8) is 0 Å². The first-order valence-electron chi connectivity index (χ1n) is 6.02. The van der Waals surface area contributed by atoms with Crippen LogP contribution >= 0.6 is 0 Å². The number of carbonyl (C=O) groups is 1. The SMILES string of the molecule is COc1cccc2c(C(=O)O)c3c(nc12)CCOC3.